The van der Waals surface area contributed by atoms with Gasteiger partial charge in [0.05, 0.1) is 5.69 Å². The molecule has 4 rings (SSSR count). The highest BCUT2D eigenvalue weighted by atomic mass is 16.5. The van der Waals surface area contributed by atoms with Gasteiger partial charge >= 0.3 is 0 Å². The lowest BCUT2D eigenvalue weighted by molar-refractivity contribution is -0.0288. The second-order valence-corrected chi connectivity index (χ2v) is 6.00. The second kappa shape index (κ2) is 6.56. The summed E-state index contributed by atoms with van der Waals surface area (Å²) >= 11 is 0. The summed E-state index contributed by atoms with van der Waals surface area (Å²) in [5, 5.41) is 20.1. The first-order valence-corrected chi connectivity index (χ1v) is 8.39. The van der Waals surface area contributed by atoms with E-state index in [0.29, 0.717) is 5.92 Å². The first-order chi connectivity index (χ1) is 11.8. The molecule has 1 aliphatic heterocycles. The van der Waals surface area contributed by atoms with E-state index >= 15 is 0 Å². The van der Waals surface area contributed by atoms with Gasteiger partial charge in [-0.1, -0.05) is 0 Å². The van der Waals surface area contributed by atoms with E-state index in [9.17, 15) is 0 Å². The molecule has 0 saturated carbocycles. The summed E-state index contributed by atoms with van der Waals surface area (Å²) in [4.78, 5) is 0. The molecule has 8 nitrogen and oxygen atoms in total. The molecule has 126 valence electrons. The number of hydrogen-bond acceptors (Lipinski definition) is 6. The standard InChI is InChI=1S/C16H21N7O/c1-2-22-13(7-8-19-22)16-12(4-3-9-24-16)10-17-14-5-6-15-20-18-11-23(15)21-14/h5-8,11-12,16H,2-4,9-10H2,1H3,(H,17,21)/t12-,16+/m0/s1. The lowest BCUT2D eigenvalue weighted by atomic mass is 9.92. The minimum absolute atomic E-state index is 0.0762. The summed E-state index contributed by atoms with van der Waals surface area (Å²) in [7, 11) is 0. The monoisotopic (exact) mass is 327 g/mol. The zero-order valence-electron chi connectivity index (χ0n) is 13.7. The molecule has 1 fully saturated rings. The van der Waals surface area contributed by atoms with Gasteiger partial charge in [-0.05, 0) is 38.0 Å². The van der Waals surface area contributed by atoms with Crippen molar-refractivity contribution < 1.29 is 4.74 Å². The molecule has 3 aromatic rings. The largest absolute Gasteiger partial charge is 0.372 e. The molecule has 0 aliphatic carbocycles. The Kier molecular flexibility index (Phi) is 4.12. The molecule has 1 saturated heterocycles. The minimum Gasteiger partial charge on any atom is -0.372 e. The van der Waals surface area contributed by atoms with Crippen LogP contribution in [0.15, 0.2) is 30.7 Å². The molecule has 0 unspecified atom stereocenters. The number of aromatic nitrogens is 6. The van der Waals surface area contributed by atoms with Crippen LogP contribution in [-0.2, 0) is 11.3 Å². The molecule has 0 aromatic carbocycles. The fraction of sp³-hybridized carbons (Fsp3) is 0.500. The Balaban J connectivity index is 1.49. The Hall–Kier alpha value is -2.48. The summed E-state index contributed by atoms with van der Waals surface area (Å²) in [6.45, 7) is 4.57. The van der Waals surface area contributed by atoms with Crippen LogP contribution in [0.1, 0.15) is 31.6 Å². The molecule has 4 heterocycles. The van der Waals surface area contributed by atoms with E-state index in [0.717, 1.165) is 49.7 Å². The molecular formula is C16H21N7O. The highest BCUT2D eigenvalue weighted by molar-refractivity contribution is 5.42. The van der Waals surface area contributed by atoms with Crippen molar-refractivity contribution in [3.05, 3.63) is 36.4 Å². The van der Waals surface area contributed by atoms with Crippen LogP contribution in [0.5, 0.6) is 0 Å². The van der Waals surface area contributed by atoms with Crippen LogP contribution < -0.4 is 5.32 Å². The molecule has 0 radical (unpaired) electrons. The van der Waals surface area contributed by atoms with Gasteiger partial charge < -0.3 is 10.1 Å². The number of ether oxygens (including phenoxy) is 1. The molecular weight excluding hydrogens is 306 g/mol. The average Bonchev–Trinajstić information content (AvgIpc) is 3.28. The van der Waals surface area contributed by atoms with Crippen molar-refractivity contribution in [3.63, 3.8) is 0 Å². The quantitative estimate of drug-likeness (QED) is 0.771. The fourth-order valence-electron chi connectivity index (χ4n) is 3.29. The lowest BCUT2D eigenvalue weighted by Gasteiger charge is -2.32. The molecule has 0 bridgehead atoms. The molecule has 24 heavy (non-hydrogen) atoms. The zero-order valence-corrected chi connectivity index (χ0v) is 13.7. The molecule has 3 aromatic heterocycles. The predicted molar refractivity (Wildman–Crippen MR) is 88.6 cm³/mol. The summed E-state index contributed by atoms with van der Waals surface area (Å²) in [5.74, 6) is 1.20. The highest BCUT2D eigenvalue weighted by Crippen LogP contribution is 2.33. The van der Waals surface area contributed by atoms with Crippen LogP contribution in [0.4, 0.5) is 5.82 Å². The van der Waals surface area contributed by atoms with Gasteiger partial charge in [-0.15, -0.1) is 15.3 Å². The van der Waals surface area contributed by atoms with Gasteiger partial charge in [-0.3, -0.25) is 4.68 Å². The maximum Gasteiger partial charge on any atom is 0.177 e. The van der Waals surface area contributed by atoms with Crippen LogP contribution in [0.3, 0.4) is 0 Å². The SMILES string of the molecule is CCn1nccc1[C@@H]1OCCC[C@H]1CNc1ccc2nncn2n1. The maximum atomic E-state index is 6.08. The van der Waals surface area contributed by atoms with Gasteiger partial charge in [0.25, 0.3) is 0 Å². The Bertz CT molecular complexity index is 811. The van der Waals surface area contributed by atoms with Crippen LogP contribution in [0, 0.1) is 5.92 Å². The number of nitrogens with zero attached hydrogens (tertiary/aromatic N) is 6. The first kappa shape index (κ1) is 15.1. The Morgan fingerprint density at radius 3 is 3.21 bits per heavy atom. The number of rotatable bonds is 5. The van der Waals surface area contributed by atoms with Crippen molar-refractivity contribution in [1.82, 2.24) is 29.6 Å². The van der Waals surface area contributed by atoms with E-state index in [4.69, 9.17) is 4.74 Å². The van der Waals surface area contributed by atoms with Crippen molar-refractivity contribution >= 4 is 11.5 Å². The van der Waals surface area contributed by atoms with E-state index in [2.05, 4.69) is 38.7 Å². The molecule has 0 spiro atoms. The second-order valence-electron chi connectivity index (χ2n) is 6.00. The Labute approximate surface area is 139 Å². The van der Waals surface area contributed by atoms with E-state index in [1.165, 1.54) is 0 Å². The zero-order chi connectivity index (χ0) is 16.4. The van der Waals surface area contributed by atoms with Gasteiger partial charge in [-0.2, -0.15) is 9.61 Å². The van der Waals surface area contributed by atoms with E-state index < -0.39 is 0 Å². The lowest BCUT2D eigenvalue weighted by Crippen LogP contribution is -2.30. The van der Waals surface area contributed by atoms with Crippen LogP contribution in [0.25, 0.3) is 5.65 Å². The molecule has 8 heteroatoms. The first-order valence-electron chi connectivity index (χ1n) is 8.39. The maximum absolute atomic E-state index is 6.08. The minimum atomic E-state index is 0.0762. The van der Waals surface area contributed by atoms with Crippen molar-refractivity contribution in [1.29, 1.82) is 0 Å². The number of anilines is 1. The van der Waals surface area contributed by atoms with Crippen molar-refractivity contribution in [3.8, 4) is 0 Å². The number of aryl methyl sites for hydroxylation is 1. The number of hydrogen-bond donors (Lipinski definition) is 1. The van der Waals surface area contributed by atoms with Crippen molar-refractivity contribution in [2.24, 2.45) is 5.92 Å². The summed E-state index contributed by atoms with van der Waals surface area (Å²) < 4.78 is 9.77. The predicted octanol–water partition coefficient (Wildman–Crippen LogP) is 1.92. The van der Waals surface area contributed by atoms with Gasteiger partial charge in [0.15, 0.2) is 5.65 Å². The van der Waals surface area contributed by atoms with Crippen LogP contribution in [-0.4, -0.2) is 42.7 Å². The summed E-state index contributed by atoms with van der Waals surface area (Å²) in [6, 6.07) is 5.90. The third kappa shape index (κ3) is 2.84. The van der Waals surface area contributed by atoms with Gasteiger partial charge in [0.1, 0.15) is 18.2 Å². The third-order valence-electron chi connectivity index (χ3n) is 4.49. The third-order valence-corrected chi connectivity index (χ3v) is 4.49. The van der Waals surface area contributed by atoms with Gasteiger partial charge in [0, 0.05) is 31.8 Å². The molecule has 1 aliphatic rings. The number of nitrogens with one attached hydrogen (secondary N) is 1. The Morgan fingerprint density at radius 1 is 1.33 bits per heavy atom. The van der Waals surface area contributed by atoms with E-state index in [-0.39, 0.29) is 6.10 Å². The Morgan fingerprint density at radius 2 is 2.29 bits per heavy atom. The summed E-state index contributed by atoms with van der Waals surface area (Å²) in [6.07, 6.45) is 5.74. The van der Waals surface area contributed by atoms with Crippen LogP contribution in [0.2, 0.25) is 0 Å². The van der Waals surface area contributed by atoms with Crippen LogP contribution >= 0.6 is 0 Å². The van der Waals surface area contributed by atoms with Crippen molar-refractivity contribution in [2.75, 3.05) is 18.5 Å². The molecule has 0 amide bonds. The highest BCUT2D eigenvalue weighted by Gasteiger charge is 2.29. The van der Waals surface area contributed by atoms with Crippen molar-refractivity contribution in [2.45, 2.75) is 32.4 Å². The smallest absolute Gasteiger partial charge is 0.177 e. The molecule has 2 atom stereocenters. The van der Waals surface area contributed by atoms with Gasteiger partial charge in [-0.25, -0.2) is 0 Å². The molecule has 1 N–H and O–H groups in total. The van der Waals surface area contributed by atoms with Gasteiger partial charge in [0.2, 0.25) is 0 Å². The normalized spacial score (nSPS) is 21.2. The topological polar surface area (TPSA) is 82.2 Å². The summed E-state index contributed by atoms with van der Waals surface area (Å²) in [5.41, 5.74) is 1.90. The van der Waals surface area contributed by atoms with E-state index in [1.54, 1.807) is 10.8 Å². The van der Waals surface area contributed by atoms with E-state index in [1.807, 2.05) is 23.0 Å². The fourth-order valence-corrected chi connectivity index (χ4v) is 3.29. The average molecular weight is 327 g/mol. The number of fused-ring (bicyclic) bond motifs is 1.